The summed E-state index contributed by atoms with van der Waals surface area (Å²) in [6.45, 7) is 0. The van der Waals surface area contributed by atoms with Crippen LogP contribution < -0.4 is 5.73 Å². The van der Waals surface area contributed by atoms with Crippen LogP contribution in [0.4, 0.5) is 5.82 Å². The van der Waals surface area contributed by atoms with Gasteiger partial charge < -0.3 is 10.2 Å². The van der Waals surface area contributed by atoms with Gasteiger partial charge in [-0.1, -0.05) is 6.07 Å². The second-order valence-corrected chi connectivity index (χ2v) is 3.53. The number of rotatable bonds is 2. The molecule has 3 aromatic rings. The van der Waals surface area contributed by atoms with Gasteiger partial charge in [0, 0.05) is 12.3 Å². The van der Waals surface area contributed by atoms with E-state index < -0.39 is 0 Å². The molecule has 0 spiro atoms. The molecule has 17 heavy (non-hydrogen) atoms. The van der Waals surface area contributed by atoms with Crippen LogP contribution in [0.2, 0.25) is 0 Å². The Kier molecular flexibility index (Phi) is 2.15. The summed E-state index contributed by atoms with van der Waals surface area (Å²) >= 11 is 0. The van der Waals surface area contributed by atoms with Crippen LogP contribution in [0, 0.1) is 0 Å². The van der Waals surface area contributed by atoms with Crippen molar-refractivity contribution in [3.8, 4) is 17.3 Å². The van der Waals surface area contributed by atoms with Gasteiger partial charge in [-0.15, -0.1) is 0 Å². The van der Waals surface area contributed by atoms with E-state index >= 15 is 0 Å². The number of nitrogens with two attached hydrogens (primary N) is 1. The van der Waals surface area contributed by atoms with Gasteiger partial charge in [0.2, 0.25) is 0 Å². The SMILES string of the molecule is Nc1cc(-c2ccco2)nn1-c1ccccn1. The van der Waals surface area contributed by atoms with E-state index in [1.165, 1.54) is 0 Å². The smallest absolute Gasteiger partial charge is 0.155 e. The lowest BCUT2D eigenvalue weighted by atomic mass is 10.3. The molecule has 2 N–H and O–H groups in total. The van der Waals surface area contributed by atoms with Gasteiger partial charge in [0.15, 0.2) is 11.6 Å². The Morgan fingerprint density at radius 1 is 1.18 bits per heavy atom. The molecule has 0 aliphatic carbocycles. The fraction of sp³-hybridized carbons (Fsp3) is 0. The van der Waals surface area contributed by atoms with Gasteiger partial charge in [0.1, 0.15) is 11.5 Å². The molecule has 0 saturated carbocycles. The van der Waals surface area contributed by atoms with Gasteiger partial charge in [-0.25, -0.2) is 4.98 Å². The lowest BCUT2D eigenvalue weighted by Gasteiger charge is -2.00. The lowest BCUT2D eigenvalue weighted by Crippen LogP contribution is -2.03. The summed E-state index contributed by atoms with van der Waals surface area (Å²) in [5, 5.41) is 4.36. The number of hydrogen-bond acceptors (Lipinski definition) is 4. The number of aromatic nitrogens is 3. The van der Waals surface area contributed by atoms with E-state index in [0.29, 0.717) is 23.1 Å². The van der Waals surface area contributed by atoms with Crippen LogP contribution >= 0.6 is 0 Å². The minimum Gasteiger partial charge on any atom is -0.463 e. The molecule has 0 aliphatic heterocycles. The molecule has 0 amide bonds. The molecule has 84 valence electrons. The number of anilines is 1. The van der Waals surface area contributed by atoms with Gasteiger partial charge in [0.25, 0.3) is 0 Å². The van der Waals surface area contributed by atoms with E-state index in [-0.39, 0.29) is 0 Å². The molecular weight excluding hydrogens is 216 g/mol. The van der Waals surface area contributed by atoms with Crippen molar-refractivity contribution in [3.05, 3.63) is 48.9 Å². The number of nitrogens with zero attached hydrogens (tertiary/aromatic N) is 3. The Morgan fingerprint density at radius 3 is 2.82 bits per heavy atom. The number of pyridine rings is 1. The molecule has 0 aromatic carbocycles. The number of hydrogen-bond donors (Lipinski definition) is 1. The van der Waals surface area contributed by atoms with E-state index in [4.69, 9.17) is 10.2 Å². The summed E-state index contributed by atoms with van der Waals surface area (Å²) in [5.74, 6) is 1.89. The molecule has 0 radical (unpaired) electrons. The Morgan fingerprint density at radius 2 is 2.12 bits per heavy atom. The van der Waals surface area contributed by atoms with Crippen molar-refractivity contribution in [2.24, 2.45) is 0 Å². The van der Waals surface area contributed by atoms with Crippen LogP contribution in [0.3, 0.4) is 0 Å². The maximum absolute atomic E-state index is 5.90. The lowest BCUT2D eigenvalue weighted by molar-refractivity contribution is 0.579. The van der Waals surface area contributed by atoms with E-state index in [2.05, 4.69) is 10.1 Å². The predicted octanol–water partition coefficient (Wildman–Crippen LogP) is 2.11. The van der Waals surface area contributed by atoms with E-state index in [9.17, 15) is 0 Å². The summed E-state index contributed by atoms with van der Waals surface area (Å²) < 4.78 is 6.85. The van der Waals surface area contributed by atoms with E-state index in [0.717, 1.165) is 0 Å². The molecule has 3 rings (SSSR count). The first-order chi connectivity index (χ1) is 8.34. The van der Waals surface area contributed by atoms with Gasteiger partial charge in [-0.2, -0.15) is 9.78 Å². The molecule has 0 aliphatic rings. The summed E-state index contributed by atoms with van der Waals surface area (Å²) in [6.07, 6.45) is 3.30. The zero-order chi connectivity index (χ0) is 11.7. The van der Waals surface area contributed by atoms with Crippen molar-refractivity contribution in [1.82, 2.24) is 14.8 Å². The molecule has 0 unspecified atom stereocenters. The second kappa shape index (κ2) is 3.79. The van der Waals surface area contributed by atoms with Gasteiger partial charge >= 0.3 is 0 Å². The molecular formula is C12H10N4O. The van der Waals surface area contributed by atoms with Crippen LogP contribution in [-0.2, 0) is 0 Å². The van der Waals surface area contributed by atoms with Gasteiger partial charge in [-0.05, 0) is 24.3 Å². The Hall–Kier alpha value is -2.56. The predicted molar refractivity (Wildman–Crippen MR) is 63.5 cm³/mol. The number of nitrogen functional groups attached to an aromatic ring is 1. The van der Waals surface area contributed by atoms with Crippen molar-refractivity contribution in [3.63, 3.8) is 0 Å². The molecule has 5 nitrogen and oxygen atoms in total. The average Bonchev–Trinajstić information content (AvgIpc) is 2.99. The Labute approximate surface area is 97.5 Å². The third kappa shape index (κ3) is 1.67. The highest BCUT2D eigenvalue weighted by atomic mass is 16.3. The first-order valence-corrected chi connectivity index (χ1v) is 5.15. The molecule has 5 heteroatoms. The first-order valence-electron chi connectivity index (χ1n) is 5.15. The van der Waals surface area contributed by atoms with Crippen molar-refractivity contribution >= 4 is 5.82 Å². The Balaban J connectivity index is 2.08. The molecule has 3 heterocycles. The molecule has 0 atom stereocenters. The van der Waals surface area contributed by atoms with E-state index in [1.54, 1.807) is 23.2 Å². The second-order valence-electron chi connectivity index (χ2n) is 3.53. The highest BCUT2D eigenvalue weighted by Crippen LogP contribution is 2.22. The van der Waals surface area contributed by atoms with Crippen molar-refractivity contribution in [1.29, 1.82) is 0 Å². The minimum absolute atomic E-state index is 0.523. The topological polar surface area (TPSA) is 69.9 Å². The van der Waals surface area contributed by atoms with Crippen LogP contribution in [0.15, 0.2) is 53.3 Å². The van der Waals surface area contributed by atoms with Crippen molar-refractivity contribution in [2.75, 3.05) is 5.73 Å². The summed E-state index contributed by atoms with van der Waals surface area (Å²) in [6, 6.07) is 11.0. The fourth-order valence-corrected chi connectivity index (χ4v) is 1.60. The normalized spacial score (nSPS) is 10.6. The molecule has 3 aromatic heterocycles. The zero-order valence-electron chi connectivity index (χ0n) is 8.95. The van der Waals surface area contributed by atoms with Crippen LogP contribution in [-0.4, -0.2) is 14.8 Å². The highest BCUT2D eigenvalue weighted by molar-refractivity contribution is 5.58. The fourth-order valence-electron chi connectivity index (χ4n) is 1.60. The standard InChI is InChI=1S/C12H10N4O/c13-11-8-9(10-4-3-7-17-10)15-16(11)12-5-1-2-6-14-12/h1-8H,13H2. The first kappa shape index (κ1) is 9.65. The summed E-state index contributed by atoms with van der Waals surface area (Å²) in [5.41, 5.74) is 6.59. The Bertz CT molecular complexity index is 613. The average molecular weight is 226 g/mol. The third-order valence-electron chi connectivity index (χ3n) is 2.38. The van der Waals surface area contributed by atoms with E-state index in [1.807, 2.05) is 30.3 Å². The highest BCUT2D eigenvalue weighted by Gasteiger charge is 2.10. The van der Waals surface area contributed by atoms with Gasteiger partial charge in [-0.3, -0.25) is 0 Å². The van der Waals surface area contributed by atoms with Crippen LogP contribution in [0.25, 0.3) is 17.3 Å². The number of furan rings is 1. The monoisotopic (exact) mass is 226 g/mol. The third-order valence-corrected chi connectivity index (χ3v) is 2.38. The summed E-state index contributed by atoms with van der Waals surface area (Å²) in [4.78, 5) is 4.19. The van der Waals surface area contributed by atoms with Crippen molar-refractivity contribution in [2.45, 2.75) is 0 Å². The molecule has 0 fully saturated rings. The van der Waals surface area contributed by atoms with Crippen LogP contribution in [0.1, 0.15) is 0 Å². The largest absolute Gasteiger partial charge is 0.463 e. The minimum atomic E-state index is 0.523. The van der Waals surface area contributed by atoms with Crippen LogP contribution in [0.5, 0.6) is 0 Å². The zero-order valence-corrected chi connectivity index (χ0v) is 8.95. The maximum Gasteiger partial charge on any atom is 0.155 e. The summed E-state index contributed by atoms with van der Waals surface area (Å²) in [7, 11) is 0. The molecule has 0 bridgehead atoms. The van der Waals surface area contributed by atoms with Crippen molar-refractivity contribution < 1.29 is 4.42 Å². The molecule has 0 saturated heterocycles. The maximum atomic E-state index is 5.90. The van der Waals surface area contributed by atoms with Gasteiger partial charge in [0.05, 0.1) is 6.26 Å². The quantitative estimate of drug-likeness (QED) is 0.726.